The van der Waals surface area contributed by atoms with E-state index in [2.05, 4.69) is 20.8 Å². The summed E-state index contributed by atoms with van der Waals surface area (Å²) in [5.74, 6) is 0.547. The summed E-state index contributed by atoms with van der Waals surface area (Å²) in [7, 11) is 0. The normalized spacial score (nSPS) is 37.6. The van der Waals surface area contributed by atoms with Crippen molar-refractivity contribution in [3.8, 4) is 0 Å². The molecule has 0 aromatic rings. The smallest absolute Gasteiger partial charge is 0.331 e. The molecule has 0 aromatic carbocycles. The van der Waals surface area contributed by atoms with Crippen molar-refractivity contribution >= 4 is 11.8 Å². The second-order valence-corrected chi connectivity index (χ2v) is 5.75. The molecule has 2 aliphatic rings. The molecule has 1 heterocycles. The Bertz CT molecular complexity index is 370. The van der Waals surface area contributed by atoms with Crippen LogP contribution < -0.4 is 0 Å². The molecule has 0 bridgehead atoms. The first-order valence-corrected chi connectivity index (χ1v) is 6.41. The highest BCUT2D eigenvalue weighted by Gasteiger charge is 2.52. The molecule has 17 heavy (non-hydrogen) atoms. The van der Waals surface area contributed by atoms with E-state index in [0.717, 1.165) is 12.8 Å². The standard InChI is InChI=1S/C14H20O3/c1-9(2)11-5-4-10(3)8-14(11)12(15)6-7-13(16)17-14/h6-7,9-11H,4-5,8H2,1-3H3/t10-,11+,14+/m1/s1. The number of hydrogen-bond donors (Lipinski definition) is 0. The zero-order chi connectivity index (χ0) is 12.6. The van der Waals surface area contributed by atoms with Crippen LogP contribution in [0.5, 0.6) is 0 Å². The van der Waals surface area contributed by atoms with Crippen LogP contribution in [-0.2, 0) is 14.3 Å². The molecule has 2 rings (SSSR count). The third-order valence-corrected chi connectivity index (χ3v) is 4.10. The predicted octanol–water partition coefficient (Wildman–Crippen LogP) is 2.50. The highest BCUT2D eigenvalue weighted by molar-refractivity contribution is 6.05. The van der Waals surface area contributed by atoms with Crippen molar-refractivity contribution in [3.63, 3.8) is 0 Å². The Hall–Kier alpha value is -1.12. The highest BCUT2D eigenvalue weighted by Crippen LogP contribution is 2.45. The Morgan fingerprint density at radius 3 is 2.65 bits per heavy atom. The van der Waals surface area contributed by atoms with Gasteiger partial charge in [-0.2, -0.15) is 0 Å². The van der Waals surface area contributed by atoms with Gasteiger partial charge in [-0.3, -0.25) is 4.79 Å². The van der Waals surface area contributed by atoms with E-state index in [1.807, 2.05) is 0 Å². The fourth-order valence-electron chi connectivity index (χ4n) is 3.29. The molecule has 1 spiro atoms. The van der Waals surface area contributed by atoms with Crippen LogP contribution in [0.25, 0.3) is 0 Å². The molecular weight excluding hydrogens is 216 g/mol. The summed E-state index contributed by atoms with van der Waals surface area (Å²) in [6.07, 6.45) is 5.39. The fraction of sp³-hybridized carbons (Fsp3) is 0.714. The van der Waals surface area contributed by atoms with Crippen molar-refractivity contribution in [1.82, 2.24) is 0 Å². The van der Waals surface area contributed by atoms with Gasteiger partial charge in [0, 0.05) is 12.0 Å². The average Bonchev–Trinajstić information content (AvgIpc) is 2.23. The monoisotopic (exact) mass is 236 g/mol. The molecule has 1 aliphatic carbocycles. The Kier molecular flexibility index (Phi) is 3.11. The molecule has 1 fully saturated rings. The molecule has 0 saturated heterocycles. The first-order valence-electron chi connectivity index (χ1n) is 6.41. The molecule has 0 unspecified atom stereocenters. The van der Waals surface area contributed by atoms with E-state index in [-0.39, 0.29) is 17.7 Å². The maximum atomic E-state index is 12.2. The summed E-state index contributed by atoms with van der Waals surface area (Å²) in [5, 5.41) is 0. The summed E-state index contributed by atoms with van der Waals surface area (Å²) in [6, 6.07) is 0. The van der Waals surface area contributed by atoms with Crippen LogP contribution in [0, 0.1) is 17.8 Å². The minimum atomic E-state index is -0.877. The zero-order valence-corrected chi connectivity index (χ0v) is 10.7. The van der Waals surface area contributed by atoms with E-state index in [4.69, 9.17) is 4.74 Å². The Morgan fingerprint density at radius 1 is 1.29 bits per heavy atom. The van der Waals surface area contributed by atoms with Crippen molar-refractivity contribution in [2.45, 2.75) is 45.6 Å². The lowest BCUT2D eigenvalue weighted by Gasteiger charge is -2.46. The van der Waals surface area contributed by atoms with Crippen LogP contribution in [-0.4, -0.2) is 17.4 Å². The van der Waals surface area contributed by atoms with Crippen molar-refractivity contribution < 1.29 is 14.3 Å². The average molecular weight is 236 g/mol. The molecule has 0 N–H and O–H groups in total. The molecule has 0 radical (unpaired) electrons. The highest BCUT2D eigenvalue weighted by atomic mass is 16.6. The number of ether oxygens (including phenoxy) is 1. The minimum Gasteiger partial charge on any atom is -0.447 e. The van der Waals surface area contributed by atoms with Crippen LogP contribution in [0.1, 0.15) is 40.0 Å². The summed E-state index contributed by atoms with van der Waals surface area (Å²) < 4.78 is 5.50. The van der Waals surface area contributed by atoms with Crippen LogP contribution in [0.4, 0.5) is 0 Å². The summed E-state index contributed by atoms with van der Waals surface area (Å²) >= 11 is 0. The zero-order valence-electron chi connectivity index (χ0n) is 10.7. The molecule has 3 heteroatoms. The van der Waals surface area contributed by atoms with Crippen LogP contribution in [0.3, 0.4) is 0 Å². The van der Waals surface area contributed by atoms with Crippen molar-refractivity contribution in [2.24, 2.45) is 17.8 Å². The summed E-state index contributed by atoms with van der Waals surface area (Å²) in [5.41, 5.74) is -0.877. The van der Waals surface area contributed by atoms with Crippen LogP contribution in [0.2, 0.25) is 0 Å². The molecule has 94 valence electrons. The summed E-state index contributed by atoms with van der Waals surface area (Å²) in [6.45, 7) is 6.32. The maximum absolute atomic E-state index is 12.2. The first-order chi connectivity index (χ1) is 7.95. The predicted molar refractivity (Wildman–Crippen MR) is 64.3 cm³/mol. The lowest BCUT2D eigenvalue weighted by molar-refractivity contribution is -0.179. The van der Waals surface area contributed by atoms with Gasteiger partial charge < -0.3 is 4.74 Å². The number of hydrogen-bond acceptors (Lipinski definition) is 3. The van der Waals surface area contributed by atoms with Gasteiger partial charge in [-0.15, -0.1) is 0 Å². The summed E-state index contributed by atoms with van der Waals surface area (Å²) in [4.78, 5) is 23.7. The van der Waals surface area contributed by atoms with Gasteiger partial charge in [0.05, 0.1) is 0 Å². The van der Waals surface area contributed by atoms with Gasteiger partial charge >= 0.3 is 5.97 Å². The largest absolute Gasteiger partial charge is 0.447 e. The first kappa shape index (κ1) is 12.3. The maximum Gasteiger partial charge on any atom is 0.331 e. The van der Waals surface area contributed by atoms with Gasteiger partial charge in [-0.05, 0) is 30.8 Å². The molecule has 0 amide bonds. The Labute approximate surface area is 102 Å². The quantitative estimate of drug-likeness (QED) is 0.657. The second-order valence-electron chi connectivity index (χ2n) is 5.75. The van der Waals surface area contributed by atoms with Gasteiger partial charge in [-0.1, -0.05) is 27.2 Å². The SMILES string of the molecule is CC(C)[C@@H]1CC[C@@H](C)C[C@]12OC(=O)C=CC2=O. The van der Waals surface area contributed by atoms with E-state index >= 15 is 0 Å². The van der Waals surface area contributed by atoms with Gasteiger partial charge in [0.25, 0.3) is 0 Å². The molecule has 1 aliphatic heterocycles. The van der Waals surface area contributed by atoms with E-state index in [9.17, 15) is 9.59 Å². The number of carbonyl (C=O) groups excluding carboxylic acids is 2. The second kappa shape index (κ2) is 4.28. The Morgan fingerprint density at radius 2 is 2.00 bits per heavy atom. The van der Waals surface area contributed by atoms with Gasteiger partial charge in [0.15, 0.2) is 11.4 Å². The lowest BCUT2D eigenvalue weighted by Crippen LogP contribution is -2.55. The minimum absolute atomic E-state index is 0.0256. The number of carbonyl (C=O) groups is 2. The van der Waals surface area contributed by atoms with Gasteiger partial charge in [-0.25, -0.2) is 4.79 Å². The number of esters is 1. The van der Waals surface area contributed by atoms with Crippen molar-refractivity contribution in [3.05, 3.63) is 12.2 Å². The lowest BCUT2D eigenvalue weighted by atomic mass is 9.64. The topological polar surface area (TPSA) is 43.4 Å². The van der Waals surface area contributed by atoms with E-state index in [1.165, 1.54) is 12.2 Å². The molecule has 3 atom stereocenters. The molecule has 3 nitrogen and oxygen atoms in total. The molecule has 1 saturated carbocycles. The van der Waals surface area contributed by atoms with Crippen molar-refractivity contribution in [1.29, 1.82) is 0 Å². The van der Waals surface area contributed by atoms with E-state index < -0.39 is 5.60 Å². The van der Waals surface area contributed by atoms with Gasteiger partial charge in [0.2, 0.25) is 0 Å². The Balaban J connectivity index is 2.38. The van der Waals surface area contributed by atoms with Crippen LogP contribution in [0.15, 0.2) is 12.2 Å². The van der Waals surface area contributed by atoms with Crippen molar-refractivity contribution in [2.75, 3.05) is 0 Å². The third-order valence-electron chi connectivity index (χ3n) is 4.10. The number of rotatable bonds is 1. The van der Waals surface area contributed by atoms with E-state index in [0.29, 0.717) is 18.3 Å². The fourth-order valence-corrected chi connectivity index (χ4v) is 3.29. The van der Waals surface area contributed by atoms with Gasteiger partial charge in [0.1, 0.15) is 0 Å². The molecule has 0 aromatic heterocycles. The van der Waals surface area contributed by atoms with E-state index in [1.54, 1.807) is 0 Å². The number of ketones is 1. The van der Waals surface area contributed by atoms with Crippen LogP contribution >= 0.6 is 0 Å². The third kappa shape index (κ3) is 2.03. The molecular formula is C14H20O3.